The lowest BCUT2D eigenvalue weighted by Gasteiger charge is -2.10. The molecule has 1 unspecified atom stereocenters. The van der Waals surface area contributed by atoms with E-state index in [2.05, 4.69) is 119 Å². The summed E-state index contributed by atoms with van der Waals surface area (Å²) < 4.78 is 1.09. The van der Waals surface area contributed by atoms with Gasteiger partial charge in [0, 0.05) is 25.4 Å². The molecule has 6 aromatic rings. The second-order valence-corrected chi connectivity index (χ2v) is 13.4. The smallest absolute Gasteiger partial charge is 0.193 e. The molecule has 6 aromatic carbocycles. The minimum Gasteiger partial charge on any atom is -0.289 e. The third-order valence-corrected chi connectivity index (χ3v) is 10.6. The number of halogens is 1. The summed E-state index contributed by atoms with van der Waals surface area (Å²) in [7, 11) is -0.291. The van der Waals surface area contributed by atoms with Crippen molar-refractivity contribution >= 4 is 44.4 Å². The van der Waals surface area contributed by atoms with Gasteiger partial charge in [0.1, 0.15) is 0 Å². The molecule has 6 rings (SSSR count). The van der Waals surface area contributed by atoms with Crippen LogP contribution in [0.1, 0.15) is 15.9 Å². The van der Waals surface area contributed by atoms with Crippen LogP contribution < -0.4 is 0 Å². The fraction of sp³-hybridized carbons (Fsp3) is 0. The summed E-state index contributed by atoms with van der Waals surface area (Å²) >= 11 is 5.53. The van der Waals surface area contributed by atoms with E-state index in [1.165, 1.54) is 35.6 Å². The average Bonchev–Trinajstić information content (AvgIpc) is 3.03. The second-order valence-electron chi connectivity index (χ2n) is 9.42. The number of hydrogen-bond acceptors (Lipinski definition) is 2. The summed E-state index contributed by atoms with van der Waals surface area (Å²) in [5, 5.41) is 0. The Morgan fingerprint density at radius 2 is 1.00 bits per heavy atom. The van der Waals surface area contributed by atoms with Crippen LogP contribution in [0.5, 0.6) is 0 Å². The van der Waals surface area contributed by atoms with Crippen molar-refractivity contribution in [1.82, 2.24) is 0 Å². The lowest BCUT2D eigenvalue weighted by Crippen LogP contribution is -2.06. The van der Waals surface area contributed by atoms with Crippen LogP contribution in [0.2, 0.25) is 0 Å². The molecule has 0 saturated heterocycles. The summed E-state index contributed by atoms with van der Waals surface area (Å²) in [5.41, 5.74) is 3.80. The van der Waals surface area contributed by atoms with E-state index in [4.69, 9.17) is 0 Å². The van der Waals surface area contributed by atoms with Gasteiger partial charge in [-0.1, -0.05) is 113 Å². The van der Waals surface area contributed by atoms with Crippen LogP contribution in [0.15, 0.2) is 187 Å². The highest BCUT2D eigenvalue weighted by atomic mass is 79.9. The van der Waals surface area contributed by atoms with Gasteiger partial charge >= 0.3 is 0 Å². The molecule has 0 fully saturated rings. The highest BCUT2D eigenvalue weighted by molar-refractivity contribution is 9.10. The van der Waals surface area contributed by atoms with E-state index in [1.54, 1.807) is 11.8 Å². The van der Waals surface area contributed by atoms with Gasteiger partial charge in [-0.15, -0.1) is 0 Å². The van der Waals surface area contributed by atoms with Gasteiger partial charge in [-0.2, -0.15) is 0 Å². The minimum atomic E-state index is -0.291. The monoisotopic (exact) mass is 629 g/mol. The van der Waals surface area contributed by atoms with Crippen molar-refractivity contribution in [2.24, 2.45) is 0 Å². The van der Waals surface area contributed by atoms with E-state index in [0.717, 1.165) is 4.47 Å². The molecular formula is C37H26BrOS2+. The predicted molar refractivity (Wildman–Crippen MR) is 175 cm³/mol. The normalized spacial score (nSPS) is 11.6. The molecule has 1 nitrogen and oxygen atoms in total. The molecule has 0 amide bonds. The van der Waals surface area contributed by atoms with E-state index in [9.17, 15) is 4.79 Å². The SMILES string of the molecule is O=C(c1ccccc1)c1ccc([S+](c2ccccc2)c2ccc(Sc3ccc(-c4ccccc4)c(Br)c3)cc2)cc1. The van der Waals surface area contributed by atoms with Gasteiger partial charge in [-0.25, -0.2) is 0 Å². The first-order valence-corrected chi connectivity index (χ1v) is 16.1. The van der Waals surface area contributed by atoms with Crippen molar-refractivity contribution in [3.63, 3.8) is 0 Å². The van der Waals surface area contributed by atoms with Gasteiger partial charge in [-0.3, -0.25) is 4.79 Å². The van der Waals surface area contributed by atoms with Crippen LogP contribution in [-0.2, 0) is 10.9 Å². The highest BCUT2D eigenvalue weighted by Crippen LogP contribution is 2.37. The first-order valence-electron chi connectivity index (χ1n) is 13.3. The number of ketones is 1. The third kappa shape index (κ3) is 6.41. The fourth-order valence-electron chi connectivity index (χ4n) is 4.65. The van der Waals surface area contributed by atoms with Crippen molar-refractivity contribution in [2.75, 3.05) is 0 Å². The molecular weight excluding hydrogens is 604 g/mol. The fourth-order valence-corrected chi connectivity index (χ4v) is 8.33. The molecule has 0 aromatic heterocycles. The lowest BCUT2D eigenvalue weighted by atomic mass is 10.0. The number of benzene rings is 6. The number of carbonyl (C=O) groups excluding carboxylic acids is 1. The van der Waals surface area contributed by atoms with E-state index in [-0.39, 0.29) is 16.7 Å². The van der Waals surface area contributed by atoms with E-state index in [1.807, 2.05) is 54.6 Å². The lowest BCUT2D eigenvalue weighted by molar-refractivity contribution is 0.103. The zero-order valence-corrected chi connectivity index (χ0v) is 25.3. The molecule has 0 aliphatic heterocycles. The summed E-state index contributed by atoms with van der Waals surface area (Å²) in [5.74, 6) is 0.0431. The standard InChI is InChI=1S/C37H26BrOS2/c38-36-26-31(20-25-35(36)27-10-4-1-5-11-27)40-30-18-23-34(24-19-30)41(32-14-8-3-9-15-32)33-21-16-29(17-22-33)37(39)28-12-6-2-7-13-28/h1-26H/q+1. The Bertz CT molecular complexity index is 1750. The summed E-state index contributed by atoms with van der Waals surface area (Å²) in [6.07, 6.45) is 0. The van der Waals surface area contributed by atoms with E-state index < -0.39 is 0 Å². The largest absolute Gasteiger partial charge is 0.289 e. The molecule has 0 heterocycles. The van der Waals surface area contributed by atoms with Crippen molar-refractivity contribution < 1.29 is 4.79 Å². The summed E-state index contributed by atoms with van der Waals surface area (Å²) in [6.45, 7) is 0. The molecule has 198 valence electrons. The second kappa shape index (κ2) is 12.8. The quantitative estimate of drug-likeness (QED) is 0.123. The van der Waals surface area contributed by atoms with E-state index in [0.29, 0.717) is 11.1 Å². The molecule has 41 heavy (non-hydrogen) atoms. The summed E-state index contributed by atoms with van der Waals surface area (Å²) in [6, 6.07) is 54.0. The maximum Gasteiger partial charge on any atom is 0.193 e. The number of carbonyl (C=O) groups is 1. The predicted octanol–water partition coefficient (Wildman–Crippen LogP) is 10.6. The first kappa shape index (κ1) is 27.3. The van der Waals surface area contributed by atoms with Crippen LogP contribution in [0.4, 0.5) is 0 Å². The third-order valence-electron chi connectivity index (χ3n) is 6.69. The molecule has 0 N–H and O–H groups in total. The maximum absolute atomic E-state index is 13.0. The zero-order chi connectivity index (χ0) is 28.0. The average molecular weight is 631 g/mol. The topological polar surface area (TPSA) is 17.1 Å². The Morgan fingerprint density at radius 1 is 0.512 bits per heavy atom. The van der Waals surface area contributed by atoms with Crippen LogP contribution in [0, 0.1) is 0 Å². The highest BCUT2D eigenvalue weighted by Gasteiger charge is 2.28. The van der Waals surface area contributed by atoms with Crippen molar-refractivity contribution in [3.8, 4) is 11.1 Å². The van der Waals surface area contributed by atoms with E-state index >= 15 is 0 Å². The molecule has 0 aliphatic carbocycles. The first-order chi connectivity index (χ1) is 20.2. The molecule has 1 atom stereocenters. The number of rotatable bonds is 8. The van der Waals surface area contributed by atoms with Crippen molar-refractivity contribution in [3.05, 3.63) is 173 Å². The molecule has 0 radical (unpaired) electrons. The number of hydrogen-bond donors (Lipinski definition) is 0. The molecule has 0 bridgehead atoms. The van der Waals surface area contributed by atoms with Crippen LogP contribution in [0.3, 0.4) is 0 Å². The Balaban J connectivity index is 1.25. The van der Waals surface area contributed by atoms with Crippen molar-refractivity contribution in [1.29, 1.82) is 0 Å². The van der Waals surface area contributed by atoms with Crippen molar-refractivity contribution in [2.45, 2.75) is 24.5 Å². The Labute approximate surface area is 256 Å². The Hall–Kier alpha value is -3.83. The van der Waals surface area contributed by atoms with Crippen LogP contribution in [0.25, 0.3) is 11.1 Å². The molecule has 4 heteroatoms. The summed E-state index contributed by atoms with van der Waals surface area (Å²) in [4.78, 5) is 19.0. The van der Waals surface area contributed by atoms with Gasteiger partial charge in [0.2, 0.25) is 0 Å². The maximum atomic E-state index is 13.0. The van der Waals surface area contributed by atoms with Crippen LogP contribution >= 0.6 is 27.7 Å². The van der Waals surface area contributed by atoms with Gasteiger partial charge in [-0.05, 0) is 83.9 Å². The minimum absolute atomic E-state index is 0.0431. The van der Waals surface area contributed by atoms with Gasteiger partial charge < -0.3 is 0 Å². The molecule has 0 aliphatic rings. The van der Waals surface area contributed by atoms with Gasteiger partial charge in [0.25, 0.3) is 0 Å². The zero-order valence-electron chi connectivity index (χ0n) is 22.1. The Morgan fingerprint density at radius 3 is 1.61 bits per heavy atom. The van der Waals surface area contributed by atoms with Gasteiger partial charge in [0.05, 0.1) is 10.9 Å². The Kier molecular flexibility index (Phi) is 8.52. The van der Waals surface area contributed by atoms with Crippen LogP contribution in [-0.4, -0.2) is 5.78 Å². The molecule has 0 saturated carbocycles. The molecule has 0 spiro atoms. The van der Waals surface area contributed by atoms with Gasteiger partial charge in [0.15, 0.2) is 20.5 Å².